The number of ketones is 1. The normalized spacial score (nSPS) is 16.1. The molecule has 0 spiro atoms. The molecule has 0 radical (unpaired) electrons. The number of amides is 1. The molecule has 0 saturated carbocycles. The first kappa shape index (κ1) is 12.6. The second kappa shape index (κ2) is 4.77. The van der Waals surface area contributed by atoms with Gasteiger partial charge in [0.1, 0.15) is 0 Å². The molecule has 3 heteroatoms. The second-order valence-electron chi connectivity index (χ2n) is 4.64. The third-order valence-corrected chi connectivity index (χ3v) is 3.13. The Bertz CT molecular complexity index is 515. The molecule has 0 saturated heterocycles. The minimum atomic E-state index is -0.402. The average molecular weight is 243 g/mol. The maximum absolute atomic E-state index is 12.0. The van der Waals surface area contributed by atoms with Crippen LogP contribution in [0.2, 0.25) is 0 Å². The van der Waals surface area contributed by atoms with E-state index in [4.69, 9.17) is 0 Å². The fourth-order valence-electron chi connectivity index (χ4n) is 2.32. The van der Waals surface area contributed by atoms with Crippen LogP contribution in [0, 0.1) is 0 Å². The van der Waals surface area contributed by atoms with Gasteiger partial charge < -0.3 is 4.90 Å². The van der Waals surface area contributed by atoms with Crippen molar-refractivity contribution in [3.8, 4) is 0 Å². The van der Waals surface area contributed by atoms with Crippen LogP contribution in [0.5, 0.6) is 0 Å². The summed E-state index contributed by atoms with van der Waals surface area (Å²) in [5.74, 6) is -0.759. The molecule has 0 fully saturated rings. The Morgan fingerprint density at radius 3 is 2.22 bits per heavy atom. The highest BCUT2D eigenvalue weighted by Crippen LogP contribution is 2.33. The molecule has 0 aliphatic carbocycles. The highest BCUT2D eigenvalue weighted by atomic mass is 16.2. The second-order valence-corrected chi connectivity index (χ2v) is 4.64. The molecule has 0 atom stereocenters. The summed E-state index contributed by atoms with van der Waals surface area (Å²) in [4.78, 5) is 25.6. The van der Waals surface area contributed by atoms with Gasteiger partial charge in [-0.15, -0.1) is 0 Å². The first-order valence-electron chi connectivity index (χ1n) is 6.24. The third-order valence-electron chi connectivity index (χ3n) is 3.13. The molecule has 2 rings (SSSR count). The molecule has 1 amide bonds. The summed E-state index contributed by atoms with van der Waals surface area (Å²) in [6.45, 7) is 5.76. The van der Waals surface area contributed by atoms with E-state index in [2.05, 4.69) is 0 Å². The van der Waals surface area contributed by atoms with Gasteiger partial charge >= 0.3 is 0 Å². The number of hydrogen-bond donors (Lipinski definition) is 0. The van der Waals surface area contributed by atoms with E-state index in [1.54, 1.807) is 4.90 Å². The van der Waals surface area contributed by atoms with Crippen LogP contribution >= 0.6 is 0 Å². The lowest BCUT2D eigenvalue weighted by molar-refractivity contribution is -0.139. The minimum Gasteiger partial charge on any atom is -0.302 e. The largest absolute Gasteiger partial charge is 0.302 e. The molecule has 3 nitrogen and oxygen atoms in total. The first-order valence-corrected chi connectivity index (χ1v) is 6.24. The van der Waals surface area contributed by atoms with Crippen LogP contribution in [0.15, 0.2) is 35.9 Å². The van der Waals surface area contributed by atoms with Crippen molar-refractivity contribution in [3.63, 3.8) is 0 Å². The number of carbonyl (C=O) groups excluding carboxylic acids is 2. The molecular formula is C15H17NO2. The first-order chi connectivity index (χ1) is 8.57. The molecule has 1 aromatic rings. The Morgan fingerprint density at radius 2 is 1.72 bits per heavy atom. The lowest BCUT2D eigenvalue weighted by atomic mass is 10.0. The van der Waals surface area contributed by atoms with E-state index in [1.807, 2.05) is 51.1 Å². The maximum atomic E-state index is 12.0. The van der Waals surface area contributed by atoms with Gasteiger partial charge in [0.2, 0.25) is 5.78 Å². The number of nitrogens with zero attached hydrogens (tertiary/aromatic N) is 1. The molecule has 1 aliphatic heterocycles. The fourth-order valence-corrected chi connectivity index (χ4v) is 2.32. The van der Waals surface area contributed by atoms with Crippen molar-refractivity contribution < 1.29 is 9.59 Å². The van der Waals surface area contributed by atoms with Gasteiger partial charge in [0, 0.05) is 11.6 Å². The molecule has 1 heterocycles. The smallest absolute Gasteiger partial charge is 0.299 e. The van der Waals surface area contributed by atoms with Crippen molar-refractivity contribution >= 4 is 17.4 Å². The highest BCUT2D eigenvalue weighted by molar-refractivity contribution is 6.48. The van der Waals surface area contributed by atoms with E-state index < -0.39 is 5.91 Å². The zero-order valence-electron chi connectivity index (χ0n) is 10.9. The van der Waals surface area contributed by atoms with Gasteiger partial charge in [0.15, 0.2) is 0 Å². The van der Waals surface area contributed by atoms with Crippen molar-refractivity contribution in [1.29, 1.82) is 0 Å². The standard InChI is InChI=1S/C15H17NO2/c1-4-12-13(11-8-6-5-7-9-11)16(10(2)3)15(18)14(12)17/h5-10H,4H2,1-3H3. The van der Waals surface area contributed by atoms with Crippen LogP contribution in [0.1, 0.15) is 32.8 Å². The molecule has 94 valence electrons. The van der Waals surface area contributed by atoms with E-state index in [0.29, 0.717) is 12.0 Å². The maximum Gasteiger partial charge on any atom is 0.299 e. The Kier molecular flexibility index (Phi) is 3.32. The number of carbonyl (C=O) groups is 2. The summed E-state index contributed by atoms with van der Waals surface area (Å²) in [7, 11) is 0. The van der Waals surface area contributed by atoms with Crippen LogP contribution < -0.4 is 0 Å². The molecular weight excluding hydrogens is 226 g/mol. The molecule has 1 aromatic carbocycles. The van der Waals surface area contributed by atoms with Crippen molar-refractivity contribution in [2.45, 2.75) is 33.2 Å². The van der Waals surface area contributed by atoms with Gasteiger partial charge in [-0.2, -0.15) is 0 Å². The molecule has 1 aliphatic rings. The number of Topliss-reactive ketones (excluding diaryl/α,β-unsaturated/α-hetero) is 1. The Hall–Kier alpha value is -1.90. The average Bonchev–Trinajstić information content (AvgIpc) is 2.63. The summed E-state index contributed by atoms with van der Waals surface area (Å²) < 4.78 is 0. The molecule has 18 heavy (non-hydrogen) atoms. The SMILES string of the molecule is CCC1=C(c2ccccc2)N(C(C)C)C(=O)C1=O. The summed E-state index contributed by atoms with van der Waals surface area (Å²) in [5.41, 5.74) is 2.34. The van der Waals surface area contributed by atoms with E-state index >= 15 is 0 Å². The number of benzene rings is 1. The van der Waals surface area contributed by atoms with Crippen LogP contribution in [-0.2, 0) is 9.59 Å². The van der Waals surface area contributed by atoms with E-state index in [-0.39, 0.29) is 11.8 Å². The molecule has 0 N–H and O–H groups in total. The van der Waals surface area contributed by atoms with Crippen LogP contribution in [-0.4, -0.2) is 22.6 Å². The quantitative estimate of drug-likeness (QED) is 0.765. The van der Waals surface area contributed by atoms with E-state index in [9.17, 15) is 9.59 Å². The lowest BCUT2D eigenvalue weighted by Gasteiger charge is -2.24. The predicted octanol–water partition coefficient (Wildman–Crippen LogP) is 2.63. The Balaban J connectivity index is 2.60. The summed E-state index contributed by atoms with van der Waals surface area (Å²) in [5, 5.41) is 0. The van der Waals surface area contributed by atoms with Crippen LogP contribution in [0.25, 0.3) is 5.70 Å². The van der Waals surface area contributed by atoms with Gasteiger partial charge in [0.05, 0.1) is 5.70 Å². The molecule has 0 unspecified atom stereocenters. The zero-order valence-corrected chi connectivity index (χ0v) is 10.9. The van der Waals surface area contributed by atoms with Gasteiger partial charge in [-0.3, -0.25) is 9.59 Å². The van der Waals surface area contributed by atoms with Gasteiger partial charge in [0.25, 0.3) is 5.91 Å². The Labute approximate surface area is 107 Å². The number of rotatable bonds is 3. The number of hydrogen-bond acceptors (Lipinski definition) is 2. The van der Waals surface area contributed by atoms with Crippen molar-refractivity contribution in [2.24, 2.45) is 0 Å². The monoisotopic (exact) mass is 243 g/mol. The van der Waals surface area contributed by atoms with Crippen molar-refractivity contribution in [1.82, 2.24) is 4.90 Å². The zero-order chi connectivity index (χ0) is 13.3. The predicted molar refractivity (Wildman–Crippen MR) is 70.6 cm³/mol. The van der Waals surface area contributed by atoms with Crippen LogP contribution in [0.4, 0.5) is 0 Å². The summed E-state index contributed by atoms with van der Waals surface area (Å²) >= 11 is 0. The van der Waals surface area contributed by atoms with Gasteiger partial charge in [-0.25, -0.2) is 0 Å². The lowest BCUT2D eigenvalue weighted by Crippen LogP contribution is -2.34. The van der Waals surface area contributed by atoms with E-state index in [0.717, 1.165) is 11.3 Å². The topological polar surface area (TPSA) is 37.4 Å². The summed E-state index contributed by atoms with van der Waals surface area (Å²) in [6, 6.07) is 9.62. The molecule has 0 bridgehead atoms. The van der Waals surface area contributed by atoms with Crippen molar-refractivity contribution in [3.05, 3.63) is 41.5 Å². The Morgan fingerprint density at radius 1 is 1.11 bits per heavy atom. The van der Waals surface area contributed by atoms with Crippen LogP contribution in [0.3, 0.4) is 0 Å². The minimum absolute atomic E-state index is 0.0132. The van der Waals surface area contributed by atoms with Gasteiger partial charge in [-0.05, 0) is 25.8 Å². The van der Waals surface area contributed by atoms with Crippen molar-refractivity contribution in [2.75, 3.05) is 0 Å². The van der Waals surface area contributed by atoms with E-state index in [1.165, 1.54) is 0 Å². The third kappa shape index (κ3) is 1.86. The summed E-state index contributed by atoms with van der Waals surface area (Å²) in [6.07, 6.45) is 0.581. The van der Waals surface area contributed by atoms with Gasteiger partial charge in [-0.1, -0.05) is 37.3 Å². The highest BCUT2D eigenvalue weighted by Gasteiger charge is 2.39. The fraction of sp³-hybridized carbons (Fsp3) is 0.333. The molecule has 0 aromatic heterocycles.